The van der Waals surface area contributed by atoms with Crippen molar-refractivity contribution in [1.29, 1.82) is 0 Å². The fourth-order valence-electron chi connectivity index (χ4n) is 2.44. The van der Waals surface area contributed by atoms with Crippen LogP contribution in [0.1, 0.15) is 21.5 Å². The van der Waals surface area contributed by atoms with E-state index in [-0.39, 0.29) is 17.9 Å². The molecule has 0 fully saturated rings. The molecule has 0 aliphatic carbocycles. The number of ether oxygens (including phenoxy) is 3. The molecule has 2 amide bonds. The Hall–Kier alpha value is -3.22. The minimum absolute atomic E-state index is 0.169. The summed E-state index contributed by atoms with van der Waals surface area (Å²) in [7, 11) is 4.40. The molecular weight excluding hydrogens is 336 g/mol. The summed E-state index contributed by atoms with van der Waals surface area (Å²) < 4.78 is 15.6. The van der Waals surface area contributed by atoms with Gasteiger partial charge in [0.1, 0.15) is 0 Å². The third-order valence-electron chi connectivity index (χ3n) is 3.85. The number of nitrogens with one attached hydrogen (secondary N) is 2. The lowest BCUT2D eigenvalue weighted by Gasteiger charge is -2.14. The Morgan fingerprint density at radius 3 is 2.08 bits per heavy atom. The molecule has 0 aliphatic rings. The van der Waals surface area contributed by atoms with Gasteiger partial charge in [-0.3, -0.25) is 20.4 Å². The van der Waals surface area contributed by atoms with E-state index in [0.29, 0.717) is 17.2 Å². The Morgan fingerprint density at radius 1 is 0.923 bits per heavy atom. The molecule has 0 saturated heterocycles. The maximum atomic E-state index is 12.3. The van der Waals surface area contributed by atoms with E-state index in [2.05, 4.69) is 10.9 Å². The maximum Gasteiger partial charge on any atom is 0.269 e. The molecule has 2 rings (SSSR count). The lowest BCUT2D eigenvalue weighted by molar-refractivity contribution is -0.121. The van der Waals surface area contributed by atoms with Gasteiger partial charge in [0.15, 0.2) is 11.5 Å². The second-order valence-corrected chi connectivity index (χ2v) is 5.52. The Kier molecular flexibility index (Phi) is 6.43. The fraction of sp³-hybridized carbons (Fsp3) is 0.263. The highest BCUT2D eigenvalue weighted by molar-refractivity contribution is 5.96. The van der Waals surface area contributed by atoms with Crippen molar-refractivity contribution in [1.82, 2.24) is 10.9 Å². The molecule has 0 radical (unpaired) electrons. The SMILES string of the molecule is COc1cc(C(=O)NNC(=O)Cc2ccccc2C)cc(OC)c1OC. The van der Waals surface area contributed by atoms with Crippen molar-refractivity contribution in [3.8, 4) is 17.2 Å². The van der Waals surface area contributed by atoms with Gasteiger partial charge in [-0.2, -0.15) is 0 Å². The topological polar surface area (TPSA) is 85.9 Å². The van der Waals surface area contributed by atoms with Crippen molar-refractivity contribution in [2.45, 2.75) is 13.3 Å². The number of hydrazine groups is 1. The highest BCUT2D eigenvalue weighted by Crippen LogP contribution is 2.38. The molecule has 26 heavy (non-hydrogen) atoms. The molecule has 0 unspecified atom stereocenters. The standard InChI is InChI=1S/C19H22N2O5/c1-12-7-5-6-8-13(12)11-17(22)20-21-19(23)14-9-15(24-2)18(26-4)16(10-14)25-3/h5-10H,11H2,1-4H3,(H,20,22)(H,21,23). The van der Waals surface area contributed by atoms with E-state index in [1.54, 1.807) is 0 Å². The third kappa shape index (κ3) is 4.44. The molecule has 7 heteroatoms. The van der Waals surface area contributed by atoms with Gasteiger partial charge in [-0.05, 0) is 30.2 Å². The van der Waals surface area contributed by atoms with Crippen LogP contribution in [0.25, 0.3) is 0 Å². The van der Waals surface area contributed by atoms with Crippen LogP contribution in [0.5, 0.6) is 17.2 Å². The van der Waals surface area contributed by atoms with Crippen LogP contribution in [0.3, 0.4) is 0 Å². The number of amides is 2. The second-order valence-electron chi connectivity index (χ2n) is 5.52. The minimum Gasteiger partial charge on any atom is -0.493 e. The van der Waals surface area contributed by atoms with E-state index in [9.17, 15) is 9.59 Å². The number of hydrogen-bond donors (Lipinski definition) is 2. The molecule has 0 atom stereocenters. The Bertz CT molecular complexity index is 779. The third-order valence-corrected chi connectivity index (χ3v) is 3.85. The van der Waals surface area contributed by atoms with E-state index in [1.807, 2.05) is 31.2 Å². The number of hydrogen-bond acceptors (Lipinski definition) is 5. The van der Waals surface area contributed by atoms with Crippen molar-refractivity contribution < 1.29 is 23.8 Å². The average molecular weight is 358 g/mol. The molecule has 2 N–H and O–H groups in total. The Morgan fingerprint density at radius 2 is 1.54 bits per heavy atom. The van der Waals surface area contributed by atoms with Crippen molar-refractivity contribution in [3.05, 3.63) is 53.1 Å². The smallest absolute Gasteiger partial charge is 0.269 e. The van der Waals surface area contributed by atoms with E-state index < -0.39 is 5.91 Å². The van der Waals surface area contributed by atoms with Crippen LogP contribution in [0.15, 0.2) is 36.4 Å². The molecule has 0 aliphatic heterocycles. The first kappa shape index (κ1) is 19.1. The number of aryl methyl sites for hydroxylation is 1. The molecule has 0 saturated carbocycles. The molecule has 138 valence electrons. The van der Waals surface area contributed by atoms with Gasteiger partial charge in [-0.15, -0.1) is 0 Å². The molecule has 2 aromatic carbocycles. The predicted octanol–water partition coefficient (Wildman–Crippen LogP) is 2.02. The second kappa shape index (κ2) is 8.75. The largest absolute Gasteiger partial charge is 0.493 e. The first-order valence-corrected chi connectivity index (χ1v) is 7.93. The van der Waals surface area contributed by atoms with E-state index >= 15 is 0 Å². The van der Waals surface area contributed by atoms with Gasteiger partial charge in [0.05, 0.1) is 27.8 Å². The van der Waals surface area contributed by atoms with Crippen molar-refractivity contribution in [3.63, 3.8) is 0 Å². The Labute approximate surface area is 152 Å². The molecule has 0 heterocycles. The molecule has 2 aromatic rings. The van der Waals surface area contributed by atoms with Gasteiger partial charge >= 0.3 is 0 Å². The van der Waals surface area contributed by atoms with Crippen molar-refractivity contribution in [2.75, 3.05) is 21.3 Å². The minimum atomic E-state index is -0.498. The van der Waals surface area contributed by atoms with Crippen molar-refractivity contribution >= 4 is 11.8 Å². The zero-order valence-electron chi connectivity index (χ0n) is 15.2. The molecule has 0 bridgehead atoms. The molecule has 0 aromatic heterocycles. The fourth-order valence-corrected chi connectivity index (χ4v) is 2.44. The lowest BCUT2D eigenvalue weighted by atomic mass is 10.1. The molecule has 7 nitrogen and oxygen atoms in total. The van der Waals surface area contributed by atoms with Crippen LogP contribution >= 0.6 is 0 Å². The number of rotatable bonds is 6. The lowest BCUT2D eigenvalue weighted by Crippen LogP contribution is -2.42. The zero-order chi connectivity index (χ0) is 19.1. The highest BCUT2D eigenvalue weighted by Gasteiger charge is 2.17. The summed E-state index contributed by atoms with van der Waals surface area (Å²) >= 11 is 0. The normalized spacial score (nSPS) is 10.0. The van der Waals surface area contributed by atoms with Gasteiger partial charge in [0.2, 0.25) is 11.7 Å². The summed E-state index contributed by atoms with van der Waals surface area (Å²) in [6, 6.07) is 10.6. The number of carbonyl (C=O) groups is 2. The Balaban J connectivity index is 2.05. The number of carbonyl (C=O) groups excluding carboxylic acids is 2. The van der Waals surface area contributed by atoms with Crippen LogP contribution in [0.2, 0.25) is 0 Å². The van der Waals surface area contributed by atoms with Crippen LogP contribution in [0, 0.1) is 6.92 Å². The molecular formula is C19H22N2O5. The maximum absolute atomic E-state index is 12.3. The summed E-state index contributed by atoms with van der Waals surface area (Å²) in [6.45, 7) is 1.93. The summed E-state index contributed by atoms with van der Waals surface area (Å²) in [4.78, 5) is 24.4. The van der Waals surface area contributed by atoms with Crippen LogP contribution in [0.4, 0.5) is 0 Å². The highest BCUT2D eigenvalue weighted by atomic mass is 16.5. The number of benzene rings is 2. The monoisotopic (exact) mass is 358 g/mol. The van der Waals surface area contributed by atoms with Gasteiger partial charge in [-0.25, -0.2) is 0 Å². The van der Waals surface area contributed by atoms with Gasteiger partial charge < -0.3 is 14.2 Å². The summed E-state index contributed by atoms with van der Waals surface area (Å²) in [6.07, 6.45) is 0.169. The first-order chi connectivity index (χ1) is 12.5. The van der Waals surface area contributed by atoms with E-state index in [0.717, 1.165) is 11.1 Å². The quantitative estimate of drug-likeness (QED) is 0.772. The van der Waals surface area contributed by atoms with Gasteiger partial charge in [0, 0.05) is 5.56 Å². The van der Waals surface area contributed by atoms with Crippen molar-refractivity contribution in [2.24, 2.45) is 0 Å². The summed E-state index contributed by atoms with van der Waals surface area (Å²) in [5, 5.41) is 0. The van der Waals surface area contributed by atoms with E-state index in [4.69, 9.17) is 14.2 Å². The summed E-state index contributed by atoms with van der Waals surface area (Å²) in [5.41, 5.74) is 6.96. The van der Waals surface area contributed by atoms with E-state index in [1.165, 1.54) is 33.5 Å². The zero-order valence-corrected chi connectivity index (χ0v) is 15.2. The first-order valence-electron chi connectivity index (χ1n) is 7.93. The van der Waals surface area contributed by atoms with Gasteiger partial charge in [-0.1, -0.05) is 24.3 Å². The summed E-state index contributed by atoms with van der Waals surface area (Å²) in [5.74, 6) is 0.268. The predicted molar refractivity (Wildman–Crippen MR) is 96.6 cm³/mol. The average Bonchev–Trinajstić information content (AvgIpc) is 2.66. The number of methoxy groups -OCH3 is 3. The van der Waals surface area contributed by atoms with Crippen LogP contribution in [-0.4, -0.2) is 33.1 Å². The molecule has 0 spiro atoms. The van der Waals surface area contributed by atoms with Crippen LogP contribution in [-0.2, 0) is 11.2 Å². The van der Waals surface area contributed by atoms with Gasteiger partial charge in [0.25, 0.3) is 5.91 Å². The van der Waals surface area contributed by atoms with Crippen LogP contribution < -0.4 is 25.1 Å².